The van der Waals surface area contributed by atoms with E-state index in [2.05, 4.69) is 20.5 Å². The zero-order valence-electron chi connectivity index (χ0n) is 18.4. The monoisotopic (exact) mass is 430 g/mol. The highest BCUT2D eigenvalue weighted by Crippen LogP contribution is 2.32. The van der Waals surface area contributed by atoms with Crippen molar-refractivity contribution in [3.05, 3.63) is 47.4 Å². The van der Waals surface area contributed by atoms with E-state index in [1.165, 1.54) is 52.0 Å². The predicted octanol–water partition coefficient (Wildman–Crippen LogP) is 4.18. The minimum Gasteiger partial charge on any atom is -0.493 e. The zero-order chi connectivity index (χ0) is 22.2. The highest BCUT2D eigenvalue weighted by Gasteiger charge is 2.18. The second-order valence-electron chi connectivity index (χ2n) is 7.70. The first-order valence-electron chi connectivity index (χ1n) is 10.7. The Labute approximate surface area is 182 Å². The molecule has 2 aromatic rings. The van der Waals surface area contributed by atoms with Crippen molar-refractivity contribution in [2.24, 2.45) is 0 Å². The topological polar surface area (TPSA) is 75.7 Å². The summed E-state index contributed by atoms with van der Waals surface area (Å²) >= 11 is 0. The summed E-state index contributed by atoms with van der Waals surface area (Å²) < 4.78 is 24.8. The predicted molar refractivity (Wildman–Crippen MR) is 118 cm³/mol. The maximum absolute atomic E-state index is 14.4. The molecule has 1 aliphatic rings. The Morgan fingerprint density at radius 2 is 1.81 bits per heavy atom. The molecule has 2 heterocycles. The molecule has 1 unspecified atom stereocenters. The molecule has 8 heteroatoms. The number of hydrogen-bond acceptors (Lipinski definition) is 5. The number of rotatable bonds is 7. The Kier molecular flexibility index (Phi) is 7.92. The third-order valence-electron chi connectivity index (χ3n) is 5.51. The Bertz CT molecular complexity index is 885. The van der Waals surface area contributed by atoms with Crippen LogP contribution in [-0.2, 0) is 6.54 Å². The molecule has 0 saturated carbocycles. The Balaban J connectivity index is 1.58. The van der Waals surface area contributed by atoms with Gasteiger partial charge in [-0.2, -0.15) is 0 Å². The van der Waals surface area contributed by atoms with Crippen LogP contribution >= 0.6 is 0 Å². The number of benzene rings is 1. The number of aromatic nitrogens is 1. The highest BCUT2D eigenvalue weighted by atomic mass is 19.1. The van der Waals surface area contributed by atoms with E-state index in [4.69, 9.17) is 9.47 Å². The quantitative estimate of drug-likeness (QED) is 0.689. The van der Waals surface area contributed by atoms with Gasteiger partial charge in [0.15, 0.2) is 11.5 Å². The summed E-state index contributed by atoms with van der Waals surface area (Å²) in [6.45, 7) is 4.10. The van der Waals surface area contributed by atoms with Crippen molar-refractivity contribution < 1.29 is 18.7 Å². The van der Waals surface area contributed by atoms with Crippen molar-refractivity contribution >= 4 is 11.8 Å². The van der Waals surface area contributed by atoms with Crippen molar-refractivity contribution in [1.82, 2.24) is 15.6 Å². The molecule has 1 aliphatic heterocycles. The van der Waals surface area contributed by atoms with Crippen LogP contribution in [0, 0.1) is 5.82 Å². The molecular weight excluding hydrogens is 399 g/mol. The average Bonchev–Trinajstić information content (AvgIpc) is 3.07. The average molecular weight is 431 g/mol. The van der Waals surface area contributed by atoms with E-state index in [9.17, 15) is 9.18 Å². The molecule has 0 radical (unpaired) electrons. The number of ether oxygens (including phenoxy) is 2. The lowest BCUT2D eigenvalue weighted by atomic mass is 10.1. The third-order valence-corrected chi connectivity index (χ3v) is 5.51. The van der Waals surface area contributed by atoms with Gasteiger partial charge in [-0.3, -0.25) is 0 Å². The SMILES string of the molecule is COc1cc(F)c(C(C)NC(=O)NCc2ccnc(N3CCCCCC3)c2)cc1OC. The maximum Gasteiger partial charge on any atom is 0.315 e. The lowest BCUT2D eigenvalue weighted by Crippen LogP contribution is -2.37. The van der Waals surface area contributed by atoms with E-state index in [0.29, 0.717) is 23.6 Å². The summed E-state index contributed by atoms with van der Waals surface area (Å²) in [6, 6.07) is 5.77. The minimum absolute atomic E-state index is 0.304. The molecule has 1 aromatic heterocycles. The van der Waals surface area contributed by atoms with Crippen LogP contribution in [-0.4, -0.2) is 38.3 Å². The number of amides is 2. The van der Waals surface area contributed by atoms with E-state index >= 15 is 0 Å². The van der Waals surface area contributed by atoms with Gasteiger partial charge in [-0.05, 0) is 43.5 Å². The summed E-state index contributed by atoms with van der Waals surface area (Å²) in [5.74, 6) is 1.19. The fourth-order valence-corrected chi connectivity index (χ4v) is 3.75. The smallest absolute Gasteiger partial charge is 0.315 e. The van der Waals surface area contributed by atoms with Crippen LogP contribution in [0.3, 0.4) is 0 Å². The van der Waals surface area contributed by atoms with Gasteiger partial charge in [0.1, 0.15) is 11.6 Å². The number of carbonyl (C=O) groups excluding carboxylic acids is 1. The molecule has 2 amide bonds. The van der Waals surface area contributed by atoms with Gasteiger partial charge in [-0.15, -0.1) is 0 Å². The molecule has 1 fully saturated rings. The van der Waals surface area contributed by atoms with Gasteiger partial charge in [0.05, 0.1) is 20.3 Å². The Hall–Kier alpha value is -3.03. The van der Waals surface area contributed by atoms with E-state index < -0.39 is 11.9 Å². The van der Waals surface area contributed by atoms with Gasteiger partial charge in [0.25, 0.3) is 0 Å². The fraction of sp³-hybridized carbons (Fsp3) is 0.478. The van der Waals surface area contributed by atoms with Crippen LogP contribution in [0.25, 0.3) is 0 Å². The molecule has 7 nitrogen and oxygen atoms in total. The molecule has 168 valence electrons. The molecule has 31 heavy (non-hydrogen) atoms. The van der Waals surface area contributed by atoms with Crippen molar-refractivity contribution in [2.45, 2.75) is 45.2 Å². The number of methoxy groups -OCH3 is 2. The highest BCUT2D eigenvalue weighted by molar-refractivity contribution is 5.74. The lowest BCUT2D eigenvalue weighted by Gasteiger charge is -2.22. The van der Waals surface area contributed by atoms with E-state index in [0.717, 1.165) is 24.5 Å². The number of halogens is 1. The van der Waals surface area contributed by atoms with Gasteiger partial charge in [0.2, 0.25) is 0 Å². The molecule has 1 aromatic carbocycles. The number of nitrogens with zero attached hydrogens (tertiary/aromatic N) is 2. The van der Waals surface area contributed by atoms with Crippen molar-refractivity contribution in [1.29, 1.82) is 0 Å². The van der Waals surface area contributed by atoms with Crippen LogP contribution in [0.15, 0.2) is 30.5 Å². The van der Waals surface area contributed by atoms with E-state index in [1.54, 1.807) is 13.1 Å². The summed E-state index contributed by atoms with van der Waals surface area (Å²) in [5.41, 5.74) is 1.29. The van der Waals surface area contributed by atoms with Crippen molar-refractivity contribution in [3.8, 4) is 11.5 Å². The normalized spacial score (nSPS) is 15.0. The fourth-order valence-electron chi connectivity index (χ4n) is 3.75. The Morgan fingerprint density at radius 3 is 2.48 bits per heavy atom. The van der Waals surface area contributed by atoms with Gasteiger partial charge in [-0.1, -0.05) is 12.8 Å². The molecule has 0 bridgehead atoms. The molecule has 2 N–H and O–H groups in total. The first kappa shape index (κ1) is 22.7. The zero-order valence-corrected chi connectivity index (χ0v) is 18.4. The van der Waals surface area contributed by atoms with Gasteiger partial charge < -0.3 is 25.0 Å². The summed E-state index contributed by atoms with van der Waals surface area (Å²) in [7, 11) is 2.93. The minimum atomic E-state index is -0.551. The maximum atomic E-state index is 14.4. The molecule has 0 aliphatic carbocycles. The molecule has 0 spiro atoms. The second kappa shape index (κ2) is 10.8. The summed E-state index contributed by atoms with van der Waals surface area (Å²) in [5, 5.41) is 5.61. The molecule has 1 atom stereocenters. The van der Waals surface area contributed by atoms with Crippen molar-refractivity contribution in [3.63, 3.8) is 0 Å². The first-order chi connectivity index (χ1) is 15.0. The summed E-state index contributed by atoms with van der Waals surface area (Å²) in [6.07, 6.45) is 6.65. The van der Waals surface area contributed by atoms with Crippen LogP contribution in [0.2, 0.25) is 0 Å². The Morgan fingerprint density at radius 1 is 1.13 bits per heavy atom. The summed E-state index contributed by atoms with van der Waals surface area (Å²) in [4.78, 5) is 19.2. The molecule has 1 saturated heterocycles. The number of pyridine rings is 1. The van der Waals surface area contributed by atoms with Crippen LogP contribution in [0.4, 0.5) is 15.0 Å². The number of urea groups is 1. The van der Waals surface area contributed by atoms with E-state index in [1.807, 2.05) is 12.1 Å². The van der Waals surface area contributed by atoms with E-state index in [-0.39, 0.29) is 6.03 Å². The van der Waals surface area contributed by atoms with Crippen molar-refractivity contribution in [2.75, 3.05) is 32.2 Å². The molecular formula is C23H31FN4O3. The third kappa shape index (κ3) is 5.99. The van der Waals surface area contributed by atoms with Gasteiger partial charge >= 0.3 is 6.03 Å². The number of anilines is 1. The number of carbonyl (C=O) groups is 1. The van der Waals surface area contributed by atoms with Crippen LogP contribution in [0.1, 0.15) is 49.8 Å². The number of nitrogens with one attached hydrogen (secondary N) is 2. The largest absolute Gasteiger partial charge is 0.493 e. The first-order valence-corrected chi connectivity index (χ1v) is 10.7. The van der Waals surface area contributed by atoms with Gasteiger partial charge in [0, 0.05) is 37.5 Å². The van der Waals surface area contributed by atoms with Crippen LogP contribution in [0.5, 0.6) is 11.5 Å². The second-order valence-corrected chi connectivity index (χ2v) is 7.70. The van der Waals surface area contributed by atoms with Crippen LogP contribution < -0.4 is 25.0 Å². The standard InChI is InChI=1S/C23H31FN4O3/c1-16(18-13-20(30-2)21(31-3)14-19(18)24)27-23(29)26-15-17-8-9-25-22(12-17)28-10-6-4-5-7-11-28/h8-9,12-14,16H,4-7,10-11,15H2,1-3H3,(H2,26,27,29). The molecule has 3 rings (SSSR count). The number of hydrogen-bond donors (Lipinski definition) is 2. The van der Waals surface area contributed by atoms with Gasteiger partial charge in [-0.25, -0.2) is 14.2 Å². The lowest BCUT2D eigenvalue weighted by molar-refractivity contribution is 0.237.